The Morgan fingerprint density at radius 1 is 1.38 bits per heavy atom. The largest absolute Gasteiger partial charge is 0.430 e. The topological polar surface area (TPSA) is 38.3 Å². The Morgan fingerprint density at radius 2 is 2.00 bits per heavy atom. The van der Waals surface area contributed by atoms with Crippen LogP contribution in [0.3, 0.4) is 0 Å². The lowest BCUT2D eigenvalue weighted by atomic mass is 9.89. The monoisotopic (exact) mass is 247 g/mol. The van der Waals surface area contributed by atoms with E-state index in [2.05, 4.69) is 5.32 Å². The first-order valence-corrected chi connectivity index (χ1v) is 6.61. The third-order valence-corrected chi connectivity index (χ3v) is 3.60. The van der Waals surface area contributed by atoms with Gasteiger partial charge < -0.3 is 10.1 Å². The smallest absolute Gasteiger partial charge is 0.408 e. The molecule has 0 aromatic heterocycles. The van der Waals surface area contributed by atoms with Crippen LogP contribution in [0.4, 0.5) is 4.79 Å². The molecule has 0 bridgehead atoms. The minimum absolute atomic E-state index is 0.141. The molecule has 1 rings (SSSR count). The number of ether oxygens (including phenoxy) is 1. The van der Waals surface area contributed by atoms with Gasteiger partial charge in [0.25, 0.3) is 0 Å². The normalized spacial score (nSPS) is 19.5. The number of alkyl halides is 1. The van der Waals surface area contributed by atoms with Crippen molar-refractivity contribution >= 4 is 17.7 Å². The second kappa shape index (κ2) is 7.00. The van der Waals surface area contributed by atoms with E-state index in [0.29, 0.717) is 5.92 Å². The highest BCUT2D eigenvalue weighted by Gasteiger charge is 2.17. The molecule has 1 N–H and O–H groups in total. The fraction of sp³-hybridized carbons (Fsp3) is 0.917. The summed E-state index contributed by atoms with van der Waals surface area (Å²) in [6.45, 7) is 4.57. The van der Waals surface area contributed by atoms with Gasteiger partial charge in [0.15, 0.2) is 5.56 Å². The highest BCUT2D eigenvalue weighted by molar-refractivity contribution is 6.20. The van der Waals surface area contributed by atoms with Gasteiger partial charge in [-0.15, -0.1) is 0 Å². The number of hydrogen-bond acceptors (Lipinski definition) is 2. The number of amides is 1. The molecule has 1 aliphatic carbocycles. The highest BCUT2D eigenvalue weighted by Crippen LogP contribution is 2.22. The molecule has 3 nitrogen and oxygen atoms in total. The van der Waals surface area contributed by atoms with E-state index in [-0.39, 0.29) is 12.0 Å². The van der Waals surface area contributed by atoms with Crippen molar-refractivity contribution in [2.45, 2.75) is 51.5 Å². The molecule has 0 heterocycles. The quantitative estimate of drug-likeness (QED) is 0.772. The second-order valence-electron chi connectivity index (χ2n) is 4.89. The first kappa shape index (κ1) is 13.6. The third-order valence-electron chi connectivity index (χ3n) is 3.00. The van der Waals surface area contributed by atoms with Crippen LogP contribution >= 0.6 is 11.6 Å². The summed E-state index contributed by atoms with van der Waals surface area (Å²) in [7, 11) is 0. The van der Waals surface area contributed by atoms with E-state index in [1.807, 2.05) is 13.8 Å². The van der Waals surface area contributed by atoms with Crippen LogP contribution in [0.25, 0.3) is 0 Å². The zero-order chi connectivity index (χ0) is 12.0. The first-order chi connectivity index (χ1) is 7.59. The minimum atomic E-state index is -0.536. The van der Waals surface area contributed by atoms with Crippen molar-refractivity contribution in [3.05, 3.63) is 0 Å². The maximum Gasteiger partial charge on any atom is 0.408 e. The summed E-state index contributed by atoms with van der Waals surface area (Å²) < 4.78 is 5.02. The number of rotatable bonds is 4. The molecule has 94 valence electrons. The van der Waals surface area contributed by atoms with E-state index in [1.165, 1.54) is 32.1 Å². The molecule has 16 heavy (non-hydrogen) atoms. The fourth-order valence-electron chi connectivity index (χ4n) is 1.90. The van der Waals surface area contributed by atoms with E-state index in [4.69, 9.17) is 16.3 Å². The summed E-state index contributed by atoms with van der Waals surface area (Å²) in [5.41, 5.74) is -0.536. The van der Waals surface area contributed by atoms with Gasteiger partial charge in [0.1, 0.15) is 0 Å². The lowest BCUT2D eigenvalue weighted by Crippen LogP contribution is -2.33. The summed E-state index contributed by atoms with van der Waals surface area (Å²) in [6, 6.07) is 0. The predicted molar refractivity (Wildman–Crippen MR) is 65.5 cm³/mol. The van der Waals surface area contributed by atoms with Crippen LogP contribution in [0, 0.1) is 11.8 Å². The van der Waals surface area contributed by atoms with Crippen molar-refractivity contribution in [1.29, 1.82) is 0 Å². The summed E-state index contributed by atoms with van der Waals surface area (Å²) >= 11 is 5.85. The van der Waals surface area contributed by atoms with Crippen molar-refractivity contribution in [3.63, 3.8) is 0 Å². The Bertz CT molecular complexity index is 215. The van der Waals surface area contributed by atoms with Crippen LogP contribution in [0.15, 0.2) is 0 Å². The summed E-state index contributed by atoms with van der Waals surface area (Å²) in [4.78, 5) is 11.4. The maximum atomic E-state index is 11.4. The van der Waals surface area contributed by atoms with Crippen LogP contribution in [-0.2, 0) is 4.74 Å². The minimum Gasteiger partial charge on any atom is -0.430 e. The lowest BCUT2D eigenvalue weighted by Gasteiger charge is -2.22. The number of halogens is 1. The van der Waals surface area contributed by atoms with Gasteiger partial charge in [-0.2, -0.15) is 0 Å². The van der Waals surface area contributed by atoms with E-state index in [0.717, 1.165) is 6.54 Å². The number of nitrogens with one attached hydrogen (secondary N) is 1. The van der Waals surface area contributed by atoms with E-state index in [9.17, 15) is 4.79 Å². The molecule has 1 atom stereocenters. The first-order valence-electron chi connectivity index (χ1n) is 6.18. The van der Waals surface area contributed by atoms with Crippen molar-refractivity contribution < 1.29 is 9.53 Å². The number of alkyl carbamates (subject to hydrolysis) is 1. The molecule has 0 aromatic rings. The van der Waals surface area contributed by atoms with Gasteiger partial charge in [0, 0.05) is 12.5 Å². The zero-order valence-corrected chi connectivity index (χ0v) is 10.9. The van der Waals surface area contributed by atoms with Crippen LogP contribution in [0.2, 0.25) is 0 Å². The lowest BCUT2D eigenvalue weighted by molar-refractivity contribution is 0.112. The van der Waals surface area contributed by atoms with Gasteiger partial charge >= 0.3 is 6.09 Å². The molecule has 0 spiro atoms. The van der Waals surface area contributed by atoms with E-state index >= 15 is 0 Å². The van der Waals surface area contributed by atoms with Gasteiger partial charge in [-0.05, 0) is 18.8 Å². The van der Waals surface area contributed by atoms with Crippen LogP contribution < -0.4 is 5.32 Å². The van der Waals surface area contributed by atoms with E-state index < -0.39 is 5.56 Å². The van der Waals surface area contributed by atoms with Gasteiger partial charge in [-0.25, -0.2) is 4.79 Å². The number of carbonyl (C=O) groups is 1. The van der Waals surface area contributed by atoms with Gasteiger partial charge in [0.2, 0.25) is 0 Å². The molecule has 0 aromatic carbocycles. The van der Waals surface area contributed by atoms with Crippen LogP contribution in [0.5, 0.6) is 0 Å². The Balaban J connectivity index is 2.14. The Hall–Kier alpha value is -0.440. The molecule has 0 radical (unpaired) electrons. The molecule has 1 aliphatic rings. The average molecular weight is 248 g/mol. The van der Waals surface area contributed by atoms with Gasteiger partial charge in [-0.3, -0.25) is 0 Å². The second-order valence-corrected chi connectivity index (χ2v) is 5.32. The Morgan fingerprint density at radius 3 is 2.56 bits per heavy atom. The molecule has 1 amide bonds. The molecule has 1 unspecified atom stereocenters. The predicted octanol–water partition coefficient (Wildman–Crippen LogP) is 3.51. The molecule has 1 fully saturated rings. The molecular formula is C12H22ClNO2. The standard InChI is InChI=1S/C12H22ClNO2/c1-9(2)11(13)16-12(15)14-8-10-6-4-3-5-7-10/h9-11H,3-8H2,1-2H3,(H,14,15). The average Bonchev–Trinajstić information content (AvgIpc) is 2.27. The van der Waals surface area contributed by atoms with Crippen molar-refractivity contribution in [3.8, 4) is 0 Å². The van der Waals surface area contributed by atoms with Crippen LogP contribution in [-0.4, -0.2) is 18.2 Å². The Labute approximate surface area is 103 Å². The van der Waals surface area contributed by atoms with Crippen LogP contribution in [0.1, 0.15) is 46.0 Å². The molecule has 1 saturated carbocycles. The fourth-order valence-corrected chi connectivity index (χ4v) is 1.98. The summed E-state index contributed by atoms with van der Waals surface area (Å²) in [5.74, 6) is 0.760. The molecule has 4 heteroatoms. The SMILES string of the molecule is CC(C)C(Cl)OC(=O)NCC1CCCCC1. The maximum absolute atomic E-state index is 11.4. The van der Waals surface area contributed by atoms with Crippen molar-refractivity contribution in [2.24, 2.45) is 11.8 Å². The van der Waals surface area contributed by atoms with Crippen molar-refractivity contribution in [2.75, 3.05) is 6.54 Å². The summed E-state index contributed by atoms with van der Waals surface area (Å²) in [5, 5.41) is 2.79. The number of hydrogen-bond donors (Lipinski definition) is 1. The third kappa shape index (κ3) is 5.06. The van der Waals surface area contributed by atoms with Gasteiger partial charge in [0.05, 0.1) is 0 Å². The highest BCUT2D eigenvalue weighted by atomic mass is 35.5. The molecular weight excluding hydrogens is 226 g/mol. The summed E-state index contributed by atoms with van der Waals surface area (Å²) in [6.07, 6.45) is 5.94. The van der Waals surface area contributed by atoms with Gasteiger partial charge in [-0.1, -0.05) is 44.7 Å². The Kier molecular flexibility index (Phi) is 5.96. The van der Waals surface area contributed by atoms with Crippen molar-refractivity contribution in [1.82, 2.24) is 5.32 Å². The van der Waals surface area contributed by atoms with E-state index in [1.54, 1.807) is 0 Å². The zero-order valence-electron chi connectivity index (χ0n) is 10.2. The number of carbonyl (C=O) groups excluding carboxylic acids is 1. The molecule has 0 aliphatic heterocycles. The molecule has 0 saturated heterocycles.